The fraction of sp³-hybridized carbons (Fsp3) is 0.200. The summed E-state index contributed by atoms with van der Waals surface area (Å²) in [5.41, 5.74) is 1.79. The number of hydrogen-bond acceptors (Lipinski definition) is 2. The van der Waals surface area contributed by atoms with Crippen molar-refractivity contribution in [3.8, 4) is 12.3 Å². The summed E-state index contributed by atoms with van der Waals surface area (Å²) in [5, 5.41) is 10.1. The van der Waals surface area contributed by atoms with Crippen LogP contribution in [-0.2, 0) is 6.54 Å². The Hall–Kier alpha value is -1.30. The number of nitrogens with zero attached hydrogens (tertiary/aromatic N) is 1. The van der Waals surface area contributed by atoms with Crippen LogP contribution in [0.3, 0.4) is 0 Å². The molecule has 0 aliphatic heterocycles. The van der Waals surface area contributed by atoms with Crippen LogP contribution in [0.5, 0.6) is 0 Å². The minimum absolute atomic E-state index is 0.459. The maximum absolute atomic E-state index is 8.99. The van der Waals surface area contributed by atoms with Crippen LogP contribution in [0.25, 0.3) is 0 Å². The molecule has 62 valence electrons. The molecular weight excluding hydrogens is 150 g/mol. The third-order valence-electron chi connectivity index (χ3n) is 1.57. The average molecular weight is 161 g/mol. The van der Waals surface area contributed by atoms with Gasteiger partial charge in [-0.3, -0.25) is 0 Å². The van der Waals surface area contributed by atoms with Crippen molar-refractivity contribution in [2.24, 2.45) is 0 Å². The molecule has 0 saturated heterocycles. The first kappa shape index (κ1) is 8.79. The maximum atomic E-state index is 8.99. The maximum Gasteiger partial charge on any atom is 0.0497 e. The summed E-state index contributed by atoms with van der Waals surface area (Å²) < 4.78 is 0. The van der Waals surface area contributed by atoms with E-state index in [2.05, 4.69) is 5.92 Å². The Morgan fingerprint density at radius 3 is 2.75 bits per heavy atom. The van der Waals surface area contributed by atoms with Gasteiger partial charge in [-0.2, -0.15) is 5.06 Å². The van der Waals surface area contributed by atoms with Gasteiger partial charge in [0.2, 0.25) is 0 Å². The normalized spacial score (nSPS) is 9.83. The standard InChI is InChI=1S/C10H11NO/c1-3-9-6-4-5-7-10(9)8-11(2)12/h1,4-7,12H,8H2,2H3. The average Bonchev–Trinajstić information content (AvgIpc) is 2.04. The van der Waals surface area contributed by atoms with Gasteiger partial charge in [0.15, 0.2) is 0 Å². The van der Waals surface area contributed by atoms with Gasteiger partial charge in [0.1, 0.15) is 0 Å². The van der Waals surface area contributed by atoms with Crippen LogP contribution in [0.4, 0.5) is 0 Å². The van der Waals surface area contributed by atoms with Gasteiger partial charge in [-0.25, -0.2) is 0 Å². The second kappa shape index (κ2) is 3.91. The van der Waals surface area contributed by atoms with Crippen molar-refractivity contribution in [1.82, 2.24) is 5.06 Å². The molecule has 0 bridgehead atoms. The third-order valence-corrected chi connectivity index (χ3v) is 1.57. The summed E-state index contributed by atoms with van der Waals surface area (Å²) in [7, 11) is 1.59. The Morgan fingerprint density at radius 2 is 2.17 bits per heavy atom. The number of terminal acetylenes is 1. The fourth-order valence-electron chi connectivity index (χ4n) is 1.05. The molecule has 0 aromatic heterocycles. The monoisotopic (exact) mass is 161 g/mol. The highest BCUT2D eigenvalue weighted by molar-refractivity contribution is 5.39. The molecule has 1 rings (SSSR count). The summed E-state index contributed by atoms with van der Waals surface area (Å²) >= 11 is 0. The molecule has 0 fully saturated rings. The molecule has 1 N–H and O–H groups in total. The molecule has 1 aromatic carbocycles. The van der Waals surface area contributed by atoms with Gasteiger partial charge in [-0.15, -0.1) is 6.42 Å². The van der Waals surface area contributed by atoms with Crippen molar-refractivity contribution >= 4 is 0 Å². The van der Waals surface area contributed by atoms with Gasteiger partial charge in [-0.05, 0) is 11.6 Å². The molecule has 0 amide bonds. The highest BCUT2D eigenvalue weighted by Gasteiger charge is 1.99. The lowest BCUT2D eigenvalue weighted by atomic mass is 10.1. The minimum atomic E-state index is 0.459. The second-order valence-electron chi connectivity index (χ2n) is 2.62. The molecule has 0 radical (unpaired) electrons. The van der Waals surface area contributed by atoms with Gasteiger partial charge in [0.05, 0.1) is 0 Å². The van der Waals surface area contributed by atoms with Crippen molar-refractivity contribution in [3.05, 3.63) is 35.4 Å². The van der Waals surface area contributed by atoms with Crippen LogP contribution in [-0.4, -0.2) is 17.3 Å². The topological polar surface area (TPSA) is 23.5 Å². The number of rotatable bonds is 2. The van der Waals surface area contributed by atoms with Gasteiger partial charge in [0.25, 0.3) is 0 Å². The van der Waals surface area contributed by atoms with Gasteiger partial charge in [0, 0.05) is 19.2 Å². The van der Waals surface area contributed by atoms with E-state index in [1.807, 2.05) is 24.3 Å². The van der Waals surface area contributed by atoms with E-state index in [1.54, 1.807) is 7.05 Å². The first-order valence-electron chi connectivity index (χ1n) is 3.68. The molecule has 0 spiro atoms. The van der Waals surface area contributed by atoms with E-state index in [-0.39, 0.29) is 0 Å². The minimum Gasteiger partial charge on any atom is -0.314 e. The van der Waals surface area contributed by atoms with Crippen molar-refractivity contribution in [2.75, 3.05) is 7.05 Å². The van der Waals surface area contributed by atoms with Crippen molar-refractivity contribution in [2.45, 2.75) is 6.54 Å². The zero-order valence-electron chi connectivity index (χ0n) is 6.99. The Morgan fingerprint density at radius 1 is 1.50 bits per heavy atom. The Labute approximate surface area is 72.4 Å². The summed E-state index contributed by atoms with van der Waals surface area (Å²) in [6.07, 6.45) is 5.28. The number of benzene rings is 1. The third kappa shape index (κ3) is 2.09. The molecule has 0 aliphatic rings. The quantitative estimate of drug-likeness (QED) is 0.524. The SMILES string of the molecule is C#Cc1ccccc1CN(C)O. The van der Waals surface area contributed by atoms with Crippen molar-refractivity contribution in [3.63, 3.8) is 0 Å². The summed E-state index contributed by atoms with van der Waals surface area (Å²) in [6, 6.07) is 7.55. The molecule has 12 heavy (non-hydrogen) atoms. The zero-order valence-corrected chi connectivity index (χ0v) is 6.99. The Kier molecular flexibility index (Phi) is 2.87. The fourth-order valence-corrected chi connectivity index (χ4v) is 1.05. The van der Waals surface area contributed by atoms with E-state index in [0.29, 0.717) is 6.54 Å². The molecule has 0 unspecified atom stereocenters. The first-order chi connectivity index (χ1) is 5.74. The number of hydroxylamine groups is 2. The lowest BCUT2D eigenvalue weighted by Gasteiger charge is -2.09. The van der Waals surface area contributed by atoms with E-state index in [0.717, 1.165) is 16.2 Å². The smallest absolute Gasteiger partial charge is 0.0497 e. The molecule has 2 heteroatoms. The Bertz CT molecular complexity index is 299. The first-order valence-corrected chi connectivity index (χ1v) is 3.68. The van der Waals surface area contributed by atoms with E-state index >= 15 is 0 Å². The molecular formula is C10H11NO. The van der Waals surface area contributed by atoms with Crippen LogP contribution in [0.1, 0.15) is 11.1 Å². The van der Waals surface area contributed by atoms with Gasteiger partial charge < -0.3 is 5.21 Å². The zero-order chi connectivity index (χ0) is 8.97. The predicted molar refractivity (Wildman–Crippen MR) is 47.6 cm³/mol. The van der Waals surface area contributed by atoms with Crippen LogP contribution in [0, 0.1) is 12.3 Å². The van der Waals surface area contributed by atoms with E-state index < -0.39 is 0 Å². The molecule has 0 heterocycles. The predicted octanol–water partition coefficient (Wildman–Crippen LogP) is 1.49. The van der Waals surface area contributed by atoms with Crippen LogP contribution < -0.4 is 0 Å². The van der Waals surface area contributed by atoms with Crippen LogP contribution in [0.2, 0.25) is 0 Å². The molecule has 0 atom stereocenters. The van der Waals surface area contributed by atoms with E-state index in [4.69, 9.17) is 11.6 Å². The largest absolute Gasteiger partial charge is 0.314 e. The molecule has 0 aliphatic carbocycles. The summed E-state index contributed by atoms with van der Waals surface area (Å²) in [5.74, 6) is 2.56. The summed E-state index contributed by atoms with van der Waals surface area (Å²) in [4.78, 5) is 0. The van der Waals surface area contributed by atoms with Gasteiger partial charge in [-0.1, -0.05) is 24.1 Å². The molecule has 1 aromatic rings. The van der Waals surface area contributed by atoms with Crippen molar-refractivity contribution in [1.29, 1.82) is 0 Å². The highest BCUT2D eigenvalue weighted by atomic mass is 16.5. The van der Waals surface area contributed by atoms with Crippen molar-refractivity contribution < 1.29 is 5.21 Å². The Balaban J connectivity index is 2.91. The molecule has 2 nitrogen and oxygen atoms in total. The lowest BCUT2D eigenvalue weighted by Crippen LogP contribution is -2.12. The number of hydrogen-bond donors (Lipinski definition) is 1. The van der Waals surface area contributed by atoms with Crippen LogP contribution in [0.15, 0.2) is 24.3 Å². The molecule has 0 saturated carbocycles. The van der Waals surface area contributed by atoms with Gasteiger partial charge >= 0.3 is 0 Å². The second-order valence-corrected chi connectivity index (χ2v) is 2.62. The van der Waals surface area contributed by atoms with Crippen LogP contribution >= 0.6 is 0 Å². The highest BCUT2D eigenvalue weighted by Crippen LogP contribution is 2.08. The van der Waals surface area contributed by atoms with E-state index in [9.17, 15) is 0 Å². The lowest BCUT2D eigenvalue weighted by molar-refractivity contribution is -0.0732. The summed E-state index contributed by atoms with van der Waals surface area (Å²) in [6.45, 7) is 0.459. The van der Waals surface area contributed by atoms with E-state index in [1.165, 1.54) is 0 Å².